The van der Waals surface area contributed by atoms with Crippen LogP contribution in [0.4, 0.5) is 0 Å². The van der Waals surface area contributed by atoms with E-state index in [0.717, 1.165) is 6.07 Å². The molecule has 0 aromatic heterocycles. The summed E-state index contributed by atoms with van der Waals surface area (Å²) in [5.41, 5.74) is -0.213. The number of carboxylic acid groups (broad SMARTS) is 1. The lowest BCUT2D eigenvalue weighted by Crippen LogP contribution is -2.27. The Morgan fingerprint density at radius 3 is 2.62 bits per heavy atom. The third-order valence-corrected chi connectivity index (χ3v) is 4.10. The van der Waals surface area contributed by atoms with Crippen LogP contribution in [0.25, 0.3) is 0 Å². The minimum absolute atomic E-state index is 0.0651. The summed E-state index contributed by atoms with van der Waals surface area (Å²) in [5, 5.41) is 18.2. The van der Waals surface area contributed by atoms with Crippen LogP contribution in [0.2, 0.25) is 0 Å². The van der Waals surface area contributed by atoms with Gasteiger partial charge in [0, 0.05) is 6.54 Å². The van der Waals surface area contributed by atoms with Crippen LogP contribution in [-0.2, 0) is 10.0 Å². The first-order chi connectivity index (χ1) is 9.77. The largest absolute Gasteiger partial charge is 0.493 e. The van der Waals surface area contributed by atoms with Crippen molar-refractivity contribution in [3.8, 4) is 5.75 Å². The number of carbonyl (C=O) groups is 1. The highest BCUT2D eigenvalue weighted by molar-refractivity contribution is 7.89. The van der Waals surface area contributed by atoms with Gasteiger partial charge in [0.1, 0.15) is 11.3 Å². The molecule has 7 nitrogen and oxygen atoms in total. The second-order valence-corrected chi connectivity index (χ2v) is 6.20. The lowest BCUT2D eigenvalue weighted by molar-refractivity contribution is 0.0692. The smallest absolute Gasteiger partial charge is 0.339 e. The van der Waals surface area contributed by atoms with Crippen LogP contribution in [0.5, 0.6) is 5.75 Å². The number of aliphatic hydroxyl groups excluding tert-OH is 1. The highest BCUT2D eigenvalue weighted by Crippen LogP contribution is 2.22. The molecule has 1 aromatic carbocycles. The van der Waals surface area contributed by atoms with Gasteiger partial charge < -0.3 is 14.9 Å². The number of benzene rings is 1. The molecule has 0 aliphatic rings. The van der Waals surface area contributed by atoms with Crippen molar-refractivity contribution in [3.63, 3.8) is 0 Å². The fourth-order valence-electron chi connectivity index (χ4n) is 1.61. The highest BCUT2D eigenvalue weighted by Gasteiger charge is 2.19. The van der Waals surface area contributed by atoms with Crippen LogP contribution in [0, 0.1) is 0 Å². The quantitative estimate of drug-likeness (QED) is 0.654. The number of hydrogen-bond donors (Lipinski definition) is 3. The van der Waals surface area contributed by atoms with Crippen LogP contribution >= 0.6 is 0 Å². The molecule has 8 heteroatoms. The first-order valence-corrected chi connectivity index (χ1v) is 7.94. The van der Waals surface area contributed by atoms with Crippen molar-refractivity contribution in [3.05, 3.63) is 23.8 Å². The SMILES string of the molecule is CCOc1ccc(S(=O)(=O)NCCC(C)O)cc1C(=O)O. The molecule has 0 saturated carbocycles. The molecule has 1 aromatic rings. The number of aromatic carboxylic acids is 1. The van der Waals surface area contributed by atoms with Crippen LogP contribution in [0.1, 0.15) is 30.6 Å². The zero-order valence-electron chi connectivity index (χ0n) is 11.9. The third kappa shape index (κ3) is 5.00. The maximum absolute atomic E-state index is 12.0. The van der Waals surface area contributed by atoms with E-state index in [1.807, 2.05) is 0 Å². The lowest BCUT2D eigenvalue weighted by Gasteiger charge is -2.11. The van der Waals surface area contributed by atoms with Gasteiger partial charge in [0.25, 0.3) is 0 Å². The number of ether oxygens (including phenoxy) is 1. The first kappa shape index (κ1) is 17.4. The average Bonchev–Trinajstić information content (AvgIpc) is 2.38. The minimum Gasteiger partial charge on any atom is -0.493 e. The number of carboxylic acids is 1. The number of nitrogens with one attached hydrogen (secondary N) is 1. The molecule has 0 bridgehead atoms. The molecule has 1 atom stereocenters. The summed E-state index contributed by atoms with van der Waals surface area (Å²) in [6, 6.07) is 3.65. The van der Waals surface area contributed by atoms with Crippen molar-refractivity contribution in [2.75, 3.05) is 13.2 Å². The van der Waals surface area contributed by atoms with Gasteiger partial charge >= 0.3 is 5.97 Å². The van der Waals surface area contributed by atoms with E-state index in [-0.39, 0.29) is 35.8 Å². The van der Waals surface area contributed by atoms with Gasteiger partial charge in [0.15, 0.2) is 0 Å². The molecule has 21 heavy (non-hydrogen) atoms. The van der Waals surface area contributed by atoms with Gasteiger partial charge in [0.2, 0.25) is 10.0 Å². The van der Waals surface area contributed by atoms with E-state index in [2.05, 4.69) is 4.72 Å². The van der Waals surface area contributed by atoms with Gasteiger partial charge in [-0.15, -0.1) is 0 Å². The molecule has 0 radical (unpaired) electrons. The van der Waals surface area contributed by atoms with E-state index in [0.29, 0.717) is 0 Å². The van der Waals surface area contributed by atoms with Crippen molar-refractivity contribution >= 4 is 16.0 Å². The zero-order valence-corrected chi connectivity index (χ0v) is 12.7. The second-order valence-electron chi connectivity index (χ2n) is 4.43. The number of rotatable bonds is 8. The van der Waals surface area contributed by atoms with Gasteiger partial charge in [-0.2, -0.15) is 0 Å². The fourth-order valence-corrected chi connectivity index (χ4v) is 2.68. The summed E-state index contributed by atoms with van der Waals surface area (Å²) >= 11 is 0. The summed E-state index contributed by atoms with van der Waals surface area (Å²) in [6.45, 7) is 3.59. The van der Waals surface area contributed by atoms with Crippen molar-refractivity contribution in [2.45, 2.75) is 31.3 Å². The third-order valence-electron chi connectivity index (χ3n) is 2.65. The summed E-state index contributed by atoms with van der Waals surface area (Å²) in [6.07, 6.45) is -0.357. The standard InChI is InChI=1S/C13H19NO6S/c1-3-20-12-5-4-10(8-11(12)13(16)17)21(18,19)14-7-6-9(2)15/h4-5,8-9,14-15H,3,6-7H2,1-2H3,(H,16,17). The van der Waals surface area contributed by atoms with E-state index in [9.17, 15) is 13.2 Å². The van der Waals surface area contributed by atoms with Crippen molar-refractivity contribution in [2.24, 2.45) is 0 Å². The van der Waals surface area contributed by atoms with E-state index in [1.165, 1.54) is 12.1 Å². The Labute approximate surface area is 123 Å². The van der Waals surface area contributed by atoms with E-state index in [4.69, 9.17) is 14.9 Å². The van der Waals surface area contributed by atoms with Gasteiger partial charge in [-0.1, -0.05) is 0 Å². The Kier molecular flexibility index (Phi) is 6.13. The molecule has 0 amide bonds. The summed E-state index contributed by atoms with van der Waals surface area (Å²) < 4.78 is 31.5. The van der Waals surface area contributed by atoms with Gasteiger partial charge in [-0.25, -0.2) is 17.9 Å². The topological polar surface area (TPSA) is 113 Å². The zero-order chi connectivity index (χ0) is 16.0. The molecular formula is C13H19NO6S. The Hall–Kier alpha value is -1.64. The van der Waals surface area contributed by atoms with Gasteiger partial charge in [-0.05, 0) is 38.5 Å². The van der Waals surface area contributed by atoms with Crippen molar-refractivity contribution < 1.29 is 28.2 Å². The maximum atomic E-state index is 12.0. The highest BCUT2D eigenvalue weighted by atomic mass is 32.2. The molecule has 1 unspecified atom stereocenters. The Morgan fingerprint density at radius 2 is 2.10 bits per heavy atom. The Balaban J connectivity index is 3.02. The van der Waals surface area contributed by atoms with Crippen LogP contribution in [0.3, 0.4) is 0 Å². The fraction of sp³-hybridized carbons (Fsp3) is 0.462. The lowest BCUT2D eigenvalue weighted by atomic mass is 10.2. The number of hydrogen-bond acceptors (Lipinski definition) is 5. The predicted octanol–water partition coefficient (Wildman–Crippen LogP) is 0.833. The van der Waals surface area contributed by atoms with Crippen LogP contribution in [-0.4, -0.2) is 43.9 Å². The normalized spacial score (nSPS) is 12.9. The molecule has 3 N–H and O–H groups in total. The van der Waals surface area contributed by atoms with Gasteiger partial charge in [0.05, 0.1) is 17.6 Å². The predicted molar refractivity (Wildman–Crippen MR) is 76.1 cm³/mol. The summed E-state index contributed by atoms with van der Waals surface area (Å²) in [7, 11) is -3.82. The molecule has 0 aliphatic heterocycles. The van der Waals surface area contributed by atoms with Crippen molar-refractivity contribution in [1.29, 1.82) is 0 Å². The Bertz CT molecular complexity index is 597. The van der Waals surface area contributed by atoms with Crippen molar-refractivity contribution in [1.82, 2.24) is 4.72 Å². The van der Waals surface area contributed by atoms with Crippen LogP contribution < -0.4 is 9.46 Å². The number of aliphatic hydroxyl groups is 1. The average molecular weight is 317 g/mol. The molecule has 1 rings (SSSR count). The molecular weight excluding hydrogens is 298 g/mol. The van der Waals surface area contributed by atoms with E-state index >= 15 is 0 Å². The molecule has 0 spiro atoms. The summed E-state index contributed by atoms with van der Waals surface area (Å²) in [4.78, 5) is 11.0. The molecule has 118 valence electrons. The molecule has 0 saturated heterocycles. The molecule has 0 aliphatic carbocycles. The van der Waals surface area contributed by atoms with E-state index < -0.39 is 22.1 Å². The number of sulfonamides is 1. The van der Waals surface area contributed by atoms with Gasteiger partial charge in [-0.3, -0.25) is 0 Å². The first-order valence-electron chi connectivity index (χ1n) is 6.45. The minimum atomic E-state index is -3.82. The monoisotopic (exact) mass is 317 g/mol. The van der Waals surface area contributed by atoms with Crippen LogP contribution in [0.15, 0.2) is 23.1 Å². The Morgan fingerprint density at radius 1 is 1.43 bits per heavy atom. The van der Waals surface area contributed by atoms with E-state index in [1.54, 1.807) is 13.8 Å². The molecule has 0 fully saturated rings. The molecule has 0 heterocycles. The second kappa shape index (κ2) is 7.39. The maximum Gasteiger partial charge on any atom is 0.339 e. The summed E-state index contributed by atoms with van der Waals surface area (Å²) in [5.74, 6) is -1.15.